The average molecular weight is 428 g/mol. The highest BCUT2D eigenvalue weighted by Crippen LogP contribution is 2.35. The molecule has 0 radical (unpaired) electrons. The maximum absolute atomic E-state index is 13.5. The molecule has 1 aromatic heterocycles. The molecule has 0 aliphatic carbocycles. The number of anilines is 2. The molecule has 0 spiro atoms. The second kappa shape index (κ2) is 7.57. The smallest absolute Gasteiger partial charge is 0.312 e. The highest BCUT2D eigenvalue weighted by molar-refractivity contribution is 6.05. The number of benzene rings is 2. The number of amides is 2. The standard InChI is InChI=1S/C22H19F3N4O2/c1-13-11-20(29(27-13)19-6-4-3-5-17(19)22(23,24)25)26-21(31)16-7-8-18-15(12-16)9-10-28(18)14(2)30/h3-8,11-12H,9-10H2,1-2H3,(H,26,31). The summed E-state index contributed by atoms with van der Waals surface area (Å²) < 4.78 is 41.5. The molecule has 0 saturated heterocycles. The fourth-order valence-corrected chi connectivity index (χ4v) is 3.73. The molecule has 0 fully saturated rings. The number of hydrogen-bond donors (Lipinski definition) is 1. The van der Waals surface area contributed by atoms with Crippen LogP contribution in [0.4, 0.5) is 24.7 Å². The minimum Gasteiger partial charge on any atom is -0.312 e. The van der Waals surface area contributed by atoms with Gasteiger partial charge in [0.25, 0.3) is 5.91 Å². The fraction of sp³-hybridized carbons (Fsp3) is 0.227. The molecule has 1 N–H and O–H groups in total. The van der Waals surface area contributed by atoms with Gasteiger partial charge in [0.15, 0.2) is 0 Å². The SMILES string of the molecule is CC(=O)N1CCc2cc(C(=O)Nc3cc(C)nn3-c3ccccc3C(F)(F)F)ccc21. The van der Waals surface area contributed by atoms with Crippen LogP contribution >= 0.6 is 0 Å². The Labute approximate surface area is 176 Å². The van der Waals surface area contributed by atoms with E-state index in [1.54, 1.807) is 30.0 Å². The number of alkyl halides is 3. The van der Waals surface area contributed by atoms with Crippen LogP contribution in [0.1, 0.15) is 34.1 Å². The van der Waals surface area contributed by atoms with Crippen LogP contribution in [-0.4, -0.2) is 28.1 Å². The van der Waals surface area contributed by atoms with Crippen molar-refractivity contribution in [2.24, 2.45) is 0 Å². The number of nitrogens with zero attached hydrogens (tertiary/aromatic N) is 3. The summed E-state index contributed by atoms with van der Waals surface area (Å²) in [5.41, 5.74) is 1.41. The molecule has 1 aliphatic rings. The third kappa shape index (κ3) is 3.90. The highest BCUT2D eigenvalue weighted by Gasteiger charge is 2.34. The number of halogens is 3. The van der Waals surface area contributed by atoms with Crippen LogP contribution in [0.3, 0.4) is 0 Å². The molecule has 0 bridgehead atoms. The number of carbonyl (C=O) groups excluding carboxylic acids is 2. The zero-order valence-corrected chi connectivity index (χ0v) is 16.8. The van der Waals surface area contributed by atoms with E-state index in [1.807, 2.05) is 0 Å². The second-order valence-corrected chi connectivity index (χ2v) is 7.32. The molecule has 2 aromatic carbocycles. The Morgan fingerprint density at radius 1 is 1.06 bits per heavy atom. The monoisotopic (exact) mass is 428 g/mol. The van der Waals surface area contributed by atoms with Crippen LogP contribution in [0.5, 0.6) is 0 Å². The summed E-state index contributed by atoms with van der Waals surface area (Å²) in [4.78, 5) is 26.2. The van der Waals surface area contributed by atoms with Gasteiger partial charge < -0.3 is 10.2 Å². The van der Waals surface area contributed by atoms with Gasteiger partial charge in [0.2, 0.25) is 5.91 Å². The normalized spacial score (nSPS) is 13.3. The van der Waals surface area contributed by atoms with Gasteiger partial charge in [0.05, 0.1) is 16.9 Å². The molecule has 2 amide bonds. The predicted octanol–water partition coefficient (Wildman–Crippen LogP) is 4.36. The number of fused-ring (bicyclic) bond motifs is 1. The Kier molecular flexibility index (Phi) is 5.04. The van der Waals surface area contributed by atoms with Crippen molar-refractivity contribution in [1.82, 2.24) is 9.78 Å². The number of carbonyl (C=O) groups is 2. The zero-order valence-electron chi connectivity index (χ0n) is 16.8. The third-order valence-electron chi connectivity index (χ3n) is 5.13. The number of para-hydroxylation sites is 1. The van der Waals surface area contributed by atoms with Crippen LogP contribution in [0.15, 0.2) is 48.5 Å². The van der Waals surface area contributed by atoms with E-state index < -0.39 is 17.6 Å². The van der Waals surface area contributed by atoms with Gasteiger partial charge in [0.1, 0.15) is 5.82 Å². The van der Waals surface area contributed by atoms with Crippen molar-refractivity contribution in [2.45, 2.75) is 26.4 Å². The minimum absolute atomic E-state index is 0.0707. The van der Waals surface area contributed by atoms with Crippen LogP contribution < -0.4 is 10.2 Å². The molecule has 0 unspecified atom stereocenters. The van der Waals surface area contributed by atoms with Gasteiger partial charge in [-0.15, -0.1) is 0 Å². The maximum Gasteiger partial charge on any atom is 0.418 e. The van der Waals surface area contributed by atoms with Gasteiger partial charge in [-0.25, -0.2) is 4.68 Å². The Morgan fingerprint density at radius 2 is 1.81 bits per heavy atom. The van der Waals surface area contributed by atoms with Crippen molar-refractivity contribution in [2.75, 3.05) is 16.8 Å². The number of rotatable bonds is 3. The summed E-state index contributed by atoms with van der Waals surface area (Å²) >= 11 is 0. The summed E-state index contributed by atoms with van der Waals surface area (Å²) in [6.45, 7) is 3.67. The summed E-state index contributed by atoms with van der Waals surface area (Å²) in [7, 11) is 0. The van der Waals surface area contributed by atoms with Crippen LogP contribution in [-0.2, 0) is 17.4 Å². The third-order valence-corrected chi connectivity index (χ3v) is 5.13. The Hall–Kier alpha value is -3.62. The molecule has 2 heterocycles. The number of aryl methyl sites for hydroxylation is 1. The molecule has 9 heteroatoms. The van der Waals surface area contributed by atoms with Gasteiger partial charge in [-0.05, 0) is 49.2 Å². The number of hydrogen-bond acceptors (Lipinski definition) is 3. The van der Waals surface area contributed by atoms with Crippen molar-refractivity contribution in [1.29, 1.82) is 0 Å². The largest absolute Gasteiger partial charge is 0.418 e. The number of nitrogens with one attached hydrogen (secondary N) is 1. The van der Waals surface area contributed by atoms with E-state index >= 15 is 0 Å². The van der Waals surface area contributed by atoms with Crippen molar-refractivity contribution in [3.8, 4) is 5.69 Å². The number of aromatic nitrogens is 2. The quantitative estimate of drug-likeness (QED) is 0.674. The van der Waals surface area contributed by atoms with E-state index in [0.29, 0.717) is 24.2 Å². The molecule has 1 aliphatic heterocycles. The first-order valence-electron chi connectivity index (χ1n) is 9.61. The first kappa shape index (κ1) is 20.6. The van der Waals surface area contributed by atoms with E-state index in [1.165, 1.54) is 31.2 Å². The van der Waals surface area contributed by atoms with E-state index in [0.717, 1.165) is 22.0 Å². The summed E-state index contributed by atoms with van der Waals surface area (Å²) in [5.74, 6) is -0.418. The molecular weight excluding hydrogens is 409 g/mol. The van der Waals surface area contributed by atoms with Gasteiger partial charge in [0, 0.05) is 30.8 Å². The zero-order chi connectivity index (χ0) is 22.3. The van der Waals surface area contributed by atoms with E-state index in [-0.39, 0.29) is 17.4 Å². The van der Waals surface area contributed by atoms with Gasteiger partial charge >= 0.3 is 6.18 Å². The van der Waals surface area contributed by atoms with E-state index in [2.05, 4.69) is 10.4 Å². The molecule has 160 valence electrons. The molecule has 0 atom stereocenters. The van der Waals surface area contributed by atoms with Crippen LogP contribution in [0.2, 0.25) is 0 Å². The topological polar surface area (TPSA) is 67.2 Å². The second-order valence-electron chi connectivity index (χ2n) is 7.32. The summed E-state index contributed by atoms with van der Waals surface area (Å²) in [6.07, 6.45) is -3.94. The average Bonchev–Trinajstić information content (AvgIpc) is 3.30. The molecule has 3 aromatic rings. The fourth-order valence-electron chi connectivity index (χ4n) is 3.73. The predicted molar refractivity (Wildman–Crippen MR) is 109 cm³/mol. The lowest BCUT2D eigenvalue weighted by molar-refractivity contribution is -0.137. The van der Waals surface area contributed by atoms with Crippen LogP contribution in [0, 0.1) is 6.92 Å². The summed E-state index contributed by atoms with van der Waals surface area (Å²) in [5, 5.41) is 6.81. The maximum atomic E-state index is 13.5. The van der Waals surface area contributed by atoms with Crippen LogP contribution in [0.25, 0.3) is 5.69 Å². The molecule has 4 rings (SSSR count). The van der Waals surface area contributed by atoms with Crippen molar-refractivity contribution >= 4 is 23.3 Å². The summed E-state index contributed by atoms with van der Waals surface area (Å²) in [6, 6.07) is 11.6. The van der Waals surface area contributed by atoms with Gasteiger partial charge in [-0.3, -0.25) is 9.59 Å². The Morgan fingerprint density at radius 3 is 2.52 bits per heavy atom. The molecule has 31 heavy (non-hydrogen) atoms. The van der Waals surface area contributed by atoms with E-state index in [9.17, 15) is 22.8 Å². The lowest BCUT2D eigenvalue weighted by atomic mass is 10.1. The van der Waals surface area contributed by atoms with Crippen molar-refractivity contribution in [3.63, 3.8) is 0 Å². The lowest BCUT2D eigenvalue weighted by Gasteiger charge is -2.16. The Bertz CT molecular complexity index is 1180. The van der Waals surface area contributed by atoms with Gasteiger partial charge in [-0.1, -0.05) is 12.1 Å². The molecular formula is C22H19F3N4O2. The Balaban J connectivity index is 1.66. The first-order valence-corrected chi connectivity index (χ1v) is 9.61. The minimum atomic E-state index is -4.57. The highest BCUT2D eigenvalue weighted by atomic mass is 19.4. The first-order chi connectivity index (χ1) is 14.6. The van der Waals surface area contributed by atoms with Crippen molar-refractivity contribution in [3.05, 3.63) is 70.9 Å². The molecule has 0 saturated carbocycles. The van der Waals surface area contributed by atoms with Gasteiger partial charge in [-0.2, -0.15) is 18.3 Å². The molecule has 6 nitrogen and oxygen atoms in total. The lowest BCUT2D eigenvalue weighted by Crippen LogP contribution is -2.25. The van der Waals surface area contributed by atoms with Crippen molar-refractivity contribution < 1.29 is 22.8 Å². The van der Waals surface area contributed by atoms with E-state index in [4.69, 9.17) is 0 Å².